The maximum Gasteiger partial charge on any atom is 0.341 e. The van der Waals surface area contributed by atoms with Crippen molar-refractivity contribution in [2.75, 3.05) is 6.54 Å². The van der Waals surface area contributed by atoms with E-state index in [-0.39, 0.29) is 16.9 Å². The monoisotopic (exact) mass is 393 g/mol. The van der Waals surface area contributed by atoms with Gasteiger partial charge in [0.25, 0.3) is 5.91 Å². The van der Waals surface area contributed by atoms with E-state index < -0.39 is 20.5 Å². The molecule has 0 bridgehead atoms. The number of carbonyl (C=O) groups excluding carboxylic acids is 1. The zero-order valence-electron chi connectivity index (χ0n) is 14.7. The summed E-state index contributed by atoms with van der Waals surface area (Å²) in [6, 6.07) is 14.7. The predicted molar refractivity (Wildman–Crippen MR) is 98.6 cm³/mol. The molecule has 2 aromatic rings. The summed E-state index contributed by atoms with van der Waals surface area (Å²) in [5.41, 5.74) is 1.33. The van der Waals surface area contributed by atoms with Gasteiger partial charge in [-0.15, -0.1) is 0 Å². The van der Waals surface area contributed by atoms with Gasteiger partial charge in [-0.1, -0.05) is 43.2 Å². The Morgan fingerprint density at radius 1 is 1.00 bits per heavy atom. The first-order chi connectivity index (χ1) is 12.8. The molecule has 1 amide bonds. The van der Waals surface area contributed by atoms with Gasteiger partial charge in [-0.3, -0.25) is 4.79 Å². The van der Waals surface area contributed by atoms with Gasteiger partial charge in [-0.2, -0.15) is 8.78 Å². The van der Waals surface area contributed by atoms with Gasteiger partial charge in [0.15, 0.2) is 0 Å². The van der Waals surface area contributed by atoms with Crippen LogP contribution in [-0.2, 0) is 15.3 Å². The molecule has 1 aliphatic rings. The lowest BCUT2D eigenvalue weighted by Crippen LogP contribution is -2.39. The van der Waals surface area contributed by atoms with E-state index in [4.69, 9.17) is 0 Å². The maximum absolute atomic E-state index is 12.6. The minimum atomic E-state index is -4.66. The summed E-state index contributed by atoms with van der Waals surface area (Å²) in [6.45, 7) is 0.479. The van der Waals surface area contributed by atoms with Crippen molar-refractivity contribution >= 4 is 15.7 Å². The number of halogens is 2. The molecule has 0 saturated heterocycles. The number of rotatable bonds is 6. The number of alkyl halides is 2. The standard InChI is InChI=1S/C20H21F2NO3S/c21-19(22)27(25,26)17-10-8-15(9-11-17)18(24)23-14-20(12-4-5-13-20)16-6-2-1-3-7-16/h1-3,6-11,19H,4-5,12-14H2,(H,23,24). The van der Waals surface area contributed by atoms with Crippen molar-refractivity contribution in [2.24, 2.45) is 0 Å². The zero-order valence-corrected chi connectivity index (χ0v) is 15.5. The molecule has 2 aromatic carbocycles. The molecule has 0 aliphatic heterocycles. The largest absolute Gasteiger partial charge is 0.351 e. The molecule has 27 heavy (non-hydrogen) atoms. The Labute approximate surface area is 157 Å². The number of amides is 1. The normalized spacial score (nSPS) is 16.4. The van der Waals surface area contributed by atoms with Gasteiger partial charge >= 0.3 is 5.76 Å². The van der Waals surface area contributed by atoms with Crippen LogP contribution in [0.1, 0.15) is 41.6 Å². The molecule has 7 heteroatoms. The van der Waals surface area contributed by atoms with E-state index in [1.165, 1.54) is 17.7 Å². The first-order valence-electron chi connectivity index (χ1n) is 8.81. The fraction of sp³-hybridized carbons (Fsp3) is 0.350. The number of hydrogen-bond acceptors (Lipinski definition) is 3. The number of sulfone groups is 1. The molecule has 1 fully saturated rings. The van der Waals surface area contributed by atoms with Gasteiger partial charge in [0, 0.05) is 17.5 Å². The van der Waals surface area contributed by atoms with Crippen molar-refractivity contribution in [3.8, 4) is 0 Å². The SMILES string of the molecule is O=C(NCC1(c2ccccc2)CCCC1)c1ccc(S(=O)(=O)C(F)F)cc1. The molecular formula is C20H21F2NO3S. The summed E-state index contributed by atoms with van der Waals surface area (Å²) in [6.07, 6.45) is 4.18. The van der Waals surface area contributed by atoms with Gasteiger partial charge in [-0.25, -0.2) is 8.42 Å². The maximum atomic E-state index is 12.6. The third kappa shape index (κ3) is 4.03. The molecule has 144 valence electrons. The molecule has 0 unspecified atom stereocenters. The highest BCUT2D eigenvalue weighted by Gasteiger charge is 2.35. The van der Waals surface area contributed by atoms with E-state index >= 15 is 0 Å². The second-order valence-corrected chi connectivity index (χ2v) is 8.78. The second kappa shape index (κ2) is 7.76. The van der Waals surface area contributed by atoms with Crippen LogP contribution in [0.25, 0.3) is 0 Å². The fourth-order valence-corrected chi connectivity index (χ4v) is 4.38. The van der Waals surface area contributed by atoms with Crippen LogP contribution in [0.5, 0.6) is 0 Å². The van der Waals surface area contributed by atoms with Gasteiger partial charge in [0.2, 0.25) is 9.84 Å². The minimum absolute atomic E-state index is 0.101. The van der Waals surface area contributed by atoms with Gasteiger partial charge in [-0.05, 0) is 42.7 Å². The smallest absolute Gasteiger partial charge is 0.341 e. The average molecular weight is 393 g/mol. The molecule has 0 aromatic heterocycles. The summed E-state index contributed by atoms with van der Waals surface area (Å²) in [5.74, 6) is -3.83. The molecule has 1 saturated carbocycles. The van der Waals surface area contributed by atoms with E-state index in [0.29, 0.717) is 6.54 Å². The third-order valence-electron chi connectivity index (χ3n) is 5.21. The van der Waals surface area contributed by atoms with Crippen molar-refractivity contribution < 1.29 is 22.0 Å². The van der Waals surface area contributed by atoms with Crippen LogP contribution in [-0.4, -0.2) is 26.6 Å². The average Bonchev–Trinajstić information content (AvgIpc) is 3.17. The van der Waals surface area contributed by atoms with E-state index in [2.05, 4.69) is 17.4 Å². The van der Waals surface area contributed by atoms with Crippen LogP contribution in [0.15, 0.2) is 59.5 Å². The van der Waals surface area contributed by atoms with Crippen molar-refractivity contribution in [1.29, 1.82) is 0 Å². The molecule has 4 nitrogen and oxygen atoms in total. The summed E-state index contributed by atoms with van der Waals surface area (Å²) in [7, 11) is -4.66. The van der Waals surface area contributed by atoms with Crippen LogP contribution in [0, 0.1) is 0 Å². The Bertz CT molecular complexity index is 891. The van der Waals surface area contributed by atoms with Gasteiger partial charge in [0.1, 0.15) is 0 Å². The Morgan fingerprint density at radius 3 is 2.15 bits per heavy atom. The summed E-state index contributed by atoms with van der Waals surface area (Å²) in [4.78, 5) is 12.0. The van der Waals surface area contributed by atoms with Crippen molar-refractivity contribution in [2.45, 2.75) is 41.8 Å². The Morgan fingerprint density at radius 2 is 1.59 bits per heavy atom. The van der Waals surface area contributed by atoms with Gasteiger partial charge < -0.3 is 5.32 Å². The third-order valence-corrected chi connectivity index (χ3v) is 6.61. The number of benzene rings is 2. The first kappa shape index (κ1) is 19.5. The molecule has 1 N–H and O–H groups in total. The van der Waals surface area contributed by atoms with Crippen molar-refractivity contribution in [3.05, 3.63) is 65.7 Å². The zero-order chi connectivity index (χ0) is 19.5. The highest BCUT2D eigenvalue weighted by atomic mass is 32.2. The summed E-state index contributed by atoms with van der Waals surface area (Å²) in [5, 5.41) is 2.92. The molecule has 3 rings (SSSR count). The topological polar surface area (TPSA) is 63.2 Å². The molecule has 0 radical (unpaired) electrons. The Balaban J connectivity index is 1.72. The molecule has 0 atom stereocenters. The predicted octanol–water partition coefficient (Wildman–Crippen LogP) is 3.92. The lowest BCUT2D eigenvalue weighted by atomic mass is 9.79. The van der Waals surface area contributed by atoms with Crippen molar-refractivity contribution in [1.82, 2.24) is 5.32 Å². The van der Waals surface area contributed by atoms with E-state index in [0.717, 1.165) is 37.8 Å². The molecular weight excluding hydrogens is 372 g/mol. The van der Waals surface area contributed by atoms with Crippen LogP contribution in [0.3, 0.4) is 0 Å². The molecule has 1 aliphatic carbocycles. The van der Waals surface area contributed by atoms with Gasteiger partial charge in [0.05, 0.1) is 4.90 Å². The molecule has 0 spiro atoms. The Hall–Kier alpha value is -2.28. The second-order valence-electron chi connectivity index (χ2n) is 6.87. The fourth-order valence-electron chi connectivity index (χ4n) is 3.66. The number of hydrogen-bond donors (Lipinski definition) is 1. The molecule has 0 heterocycles. The lowest BCUT2D eigenvalue weighted by molar-refractivity contribution is 0.0943. The van der Waals surface area contributed by atoms with Crippen LogP contribution in [0.2, 0.25) is 0 Å². The van der Waals surface area contributed by atoms with E-state index in [1.54, 1.807) is 0 Å². The van der Waals surface area contributed by atoms with Crippen LogP contribution < -0.4 is 5.32 Å². The van der Waals surface area contributed by atoms with E-state index in [1.807, 2.05) is 18.2 Å². The van der Waals surface area contributed by atoms with E-state index in [9.17, 15) is 22.0 Å². The number of carbonyl (C=O) groups is 1. The lowest BCUT2D eigenvalue weighted by Gasteiger charge is -2.30. The first-order valence-corrected chi connectivity index (χ1v) is 10.4. The Kier molecular flexibility index (Phi) is 5.60. The highest BCUT2D eigenvalue weighted by molar-refractivity contribution is 7.91. The van der Waals surface area contributed by atoms with Crippen LogP contribution in [0.4, 0.5) is 8.78 Å². The summed E-state index contributed by atoms with van der Waals surface area (Å²) < 4.78 is 48.1. The quantitative estimate of drug-likeness (QED) is 0.809. The summed E-state index contributed by atoms with van der Waals surface area (Å²) >= 11 is 0. The van der Waals surface area contributed by atoms with Crippen molar-refractivity contribution in [3.63, 3.8) is 0 Å². The van der Waals surface area contributed by atoms with Crippen LogP contribution >= 0.6 is 0 Å². The minimum Gasteiger partial charge on any atom is -0.351 e. The number of nitrogens with one attached hydrogen (secondary N) is 1. The highest BCUT2D eigenvalue weighted by Crippen LogP contribution is 2.40.